The number of carboxylic acid groups (broad SMARTS) is 1. The number of nitrogens with zero attached hydrogens (tertiary/aromatic N) is 1. The van der Waals surface area contributed by atoms with E-state index in [1.54, 1.807) is 11.8 Å². The molecule has 2 rings (SSSR count). The highest BCUT2D eigenvalue weighted by atomic mass is 16.4. The van der Waals surface area contributed by atoms with Crippen molar-refractivity contribution in [1.82, 2.24) is 10.2 Å². The van der Waals surface area contributed by atoms with Crippen LogP contribution in [0.2, 0.25) is 0 Å². The Morgan fingerprint density at radius 3 is 2.65 bits per heavy atom. The molecule has 114 valence electrons. The third kappa shape index (κ3) is 2.75. The largest absolute Gasteiger partial charge is 0.481 e. The third-order valence-corrected chi connectivity index (χ3v) is 4.89. The quantitative estimate of drug-likeness (QED) is 0.707. The Bertz CT molecular complexity index is 401. The van der Waals surface area contributed by atoms with Crippen LogP contribution in [0.5, 0.6) is 0 Å². The van der Waals surface area contributed by atoms with E-state index < -0.39 is 11.4 Å². The first-order valence-corrected chi connectivity index (χ1v) is 7.31. The number of hydrogen-bond donors (Lipinski definition) is 3. The molecule has 2 amide bonds. The van der Waals surface area contributed by atoms with E-state index in [0.29, 0.717) is 32.4 Å². The van der Waals surface area contributed by atoms with Crippen LogP contribution in [-0.2, 0) is 4.79 Å². The van der Waals surface area contributed by atoms with E-state index in [0.717, 1.165) is 6.42 Å². The molecule has 4 atom stereocenters. The van der Waals surface area contributed by atoms with E-state index in [1.807, 2.05) is 6.92 Å². The fourth-order valence-electron chi connectivity index (χ4n) is 3.21. The van der Waals surface area contributed by atoms with Crippen LogP contribution < -0.4 is 5.32 Å². The van der Waals surface area contributed by atoms with Crippen molar-refractivity contribution in [3.05, 3.63) is 0 Å². The second-order valence-electron chi connectivity index (χ2n) is 6.40. The van der Waals surface area contributed by atoms with E-state index in [9.17, 15) is 19.8 Å². The summed E-state index contributed by atoms with van der Waals surface area (Å²) in [5, 5.41) is 21.9. The van der Waals surface area contributed by atoms with Gasteiger partial charge in [0.05, 0.1) is 11.5 Å². The number of amides is 2. The van der Waals surface area contributed by atoms with Gasteiger partial charge < -0.3 is 20.4 Å². The SMILES string of the molecule is CC1CN(C(=O)NC2CCCC2(C)C(=O)O)CCC1O. The second kappa shape index (κ2) is 5.60. The van der Waals surface area contributed by atoms with E-state index in [4.69, 9.17) is 0 Å². The molecule has 4 unspecified atom stereocenters. The first kappa shape index (κ1) is 15.1. The molecule has 0 bridgehead atoms. The molecule has 3 N–H and O–H groups in total. The molecule has 1 aliphatic heterocycles. The summed E-state index contributed by atoms with van der Waals surface area (Å²) in [6, 6.07) is -0.516. The summed E-state index contributed by atoms with van der Waals surface area (Å²) in [7, 11) is 0. The summed E-state index contributed by atoms with van der Waals surface area (Å²) < 4.78 is 0. The Balaban J connectivity index is 1.96. The van der Waals surface area contributed by atoms with Crippen molar-refractivity contribution in [3.63, 3.8) is 0 Å². The normalized spacial score (nSPS) is 37.8. The predicted octanol–water partition coefficient (Wildman–Crippen LogP) is 1.04. The Morgan fingerprint density at radius 2 is 2.05 bits per heavy atom. The van der Waals surface area contributed by atoms with Gasteiger partial charge in [-0.05, 0) is 32.1 Å². The highest BCUT2D eigenvalue weighted by Crippen LogP contribution is 2.38. The van der Waals surface area contributed by atoms with Crippen molar-refractivity contribution < 1.29 is 19.8 Å². The van der Waals surface area contributed by atoms with Gasteiger partial charge in [-0.15, -0.1) is 0 Å². The summed E-state index contributed by atoms with van der Waals surface area (Å²) in [6.45, 7) is 4.66. The molecule has 1 heterocycles. The van der Waals surface area contributed by atoms with Crippen LogP contribution in [0.4, 0.5) is 4.79 Å². The van der Waals surface area contributed by atoms with Crippen LogP contribution in [0.15, 0.2) is 0 Å². The van der Waals surface area contributed by atoms with E-state index in [-0.39, 0.29) is 24.1 Å². The van der Waals surface area contributed by atoms with E-state index in [2.05, 4.69) is 5.32 Å². The van der Waals surface area contributed by atoms with Crippen LogP contribution >= 0.6 is 0 Å². The first-order valence-electron chi connectivity index (χ1n) is 7.31. The number of piperidine rings is 1. The molecular weight excluding hydrogens is 260 g/mol. The summed E-state index contributed by atoms with van der Waals surface area (Å²) in [4.78, 5) is 25.3. The third-order valence-electron chi connectivity index (χ3n) is 4.89. The predicted molar refractivity (Wildman–Crippen MR) is 73.3 cm³/mol. The summed E-state index contributed by atoms with van der Waals surface area (Å²) in [5.74, 6) is -0.785. The maximum Gasteiger partial charge on any atom is 0.317 e. The lowest BCUT2D eigenvalue weighted by atomic mass is 9.85. The molecule has 1 aliphatic carbocycles. The van der Waals surface area contributed by atoms with Crippen molar-refractivity contribution in [1.29, 1.82) is 0 Å². The van der Waals surface area contributed by atoms with Crippen molar-refractivity contribution in [2.45, 2.75) is 51.7 Å². The topological polar surface area (TPSA) is 89.9 Å². The lowest BCUT2D eigenvalue weighted by Crippen LogP contribution is -2.54. The van der Waals surface area contributed by atoms with Crippen molar-refractivity contribution >= 4 is 12.0 Å². The number of rotatable bonds is 2. The number of hydrogen-bond acceptors (Lipinski definition) is 3. The van der Waals surface area contributed by atoms with Crippen molar-refractivity contribution in [2.24, 2.45) is 11.3 Å². The van der Waals surface area contributed by atoms with Crippen molar-refractivity contribution in [3.8, 4) is 0 Å². The first-order chi connectivity index (χ1) is 9.34. The maximum absolute atomic E-state index is 12.3. The zero-order valence-corrected chi connectivity index (χ0v) is 12.1. The van der Waals surface area contributed by atoms with Crippen LogP contribution in [0.1, 0.15) is 39.5 Å². The molecule has 0 aromatic carbocycles. The standard InChI is InChI=1S/C14H24N2O4/c1-9-8-16(7-5-10(9)17)13(20)15-11-4-3-6-14(11,2)12(18)19/h9-11,17H,3-8H2,1-2H3,(H,15,20)(H,18,19). The minimum atomic E-state index is -0.865. The molecule has 0 radical (unpaired) electrons. The minimum Gasteiger partial charge on any atom is -0.481 e. The van der Waals surface area contributed by atoms with E-state index >= 15 is 0 Å². The van der Waals surface area contributed by atoms with Crippen LogP contribution in [0.25, 0.3) is 0 Å². The Morgan fingerprint density at radius 1 is 1.35 bits per heavy atom. The number of aliphatic hydroxyl groups is 1. The Kier molecular flexibility index (Phi) is 4.22. The van der Waals surface area contributed by atoms with Gasteiger partial charge in [0, 0.05) is 19.1 Å². The molecule has 0 spiro atoms. The zero-order chi connectivity index (χ0) is 14.9. The number of carbonyl (C=O) groups excluding carboxylic acids is 1. The second-order valence-corrected chi connectivity index (χ2v) is 6.40. The number of carboxylic acids is 1. The van der Waals surface area contributed by atoms with Crippen LogP contribution in [-0.4, -0.2) is 52.3 Å². The number of likely N-dealkylation sites (tertiary alicyclic amines) is 1. The van der Waals surface area contributed by atoms with Gasteiger partial charge in [0.2, 0.25) is 0 Å². The monoisotopic (exact) mass is 284 g/mol. The highest BCUT2D eigenvalue weighted by Gasteiger charge is 2.46. The van der Waals surface area contributed by atoms with Gasteiger partial charge in [-0.25, -0.2) is 4.79 Å². The number of aliphatic carboxylic acids is 1. The van der Waals surface area contributed by atoms with Gasteiger partial charge in [-0.3, -0.25) is 4.79 Å². The fourth-order valence-corrected chi connectivity index (χ4v) is 3.21. The molecule has 2 aliphatic rings. The molecule has 0 aromatic rings. The fraction of sp³-hybridized carbons (Fsp3) is 0.857. The lowest BCUT2D eigenvalue weighted by molar-refractivity contribution is -0.148. The van der Waals surface area contributed by atoms with Gasteiger partial charge in [0.25, 0.3) is 0 Å². The summed E-state index contributed by atoms with van der Waals surface area (Å²) in [6.07, 6.45) is 2.36. The maximum atomic E-state index is 12.3. The van der Waals surface area contributed by atoms with Crippen LogP contribution in [0.3, 0.4) is 0 Å². The highest BCUT2D eigenvalue weighted by molar-refractivity contribution is 5.79. The number of urea groups is 1. The van der Waals surface area contributed by atoms with Gasteiger partial charge in [-0.1, -0.05) is 13.3 Å². The molecule has 20 heavy (non-hydrogen) atoms. The number of aliphatic hydroxyl groups excluding tert-OH is 1. The smallest absolute Gasteiger partial charge is 0.317 e. The molecule has 1 saturated carbocycles. The molecule has 1 saturated heterocycles. The average molecular weight is 284 g/mol. The van der Waals surface area contributed by atoms with Crippen molar-refractivity contribution in [2.75, 3.05) is 13.1 Å². The number of nitrogens with one attached hydrogen (secondary N) is 1. The summed E-state index contributed by atoms with van der Waals surface area (Å²) >= 11 is 0. The zero-order valence-electron chi connectivity index (χ0n) is 12.1. The Hall–Kier alpha value is -1.30. The van der Waals surface area contributed by atoms with Gasteiger partial charge in [0.1, 0.15) is 0 Å². The molecule has 6 heteroatoms. The van der Waals surface area contributed by atoms with Gasteiger partial charge in [0.15, 0.2) is 0 Å². The van der Waals surface area contributed by atoms with E-state index in [1.165, 1.54) is 0 Å². The molecule has 2 fully saturated rings. The van der Waals surface area contributed by atoms with Gasteiger partial charge in [-0.2, -0.15) is 0 Å². The van der Waals surface area contributed by atoms with Crippen LogP contribution in [0, 0.1) is 11.3 Å². The van der Waals surface area contributed by atoms with Gasteiger partial charge >= 0.3 is 12.0 Å². The molecular formula is C14H24N2O4. The average Bonchev–Trinajstić information content (AvgIpc) is 2.75. The lowest BCUT2D eigenvalue weighted by Gasteiger charge is -2.36. The Labute approximate surface area is 119 Å². The molecule has 6 nitrogen and oxygen atoms in total. The summed E-state index contributed by atoms with van der Waals surface area (Å²) in [5.41, 5.74) is -0.865. The number of carbonyl (C=O) groups is 2. The minimum absolute atomic E-state index is 0.0592. The molecule has 0 aromatic heterocycles.